The molecule has 0 bridgehead atoms. The highest BCUT2D eigenvalue weighted by Crippen LogP contribution is 2.49. The van der Waals surface area contributed by atoms with E-state index in [0.29, 0.717) is 18.4 Å². The normalized spacial score (nSPS) is 12.2. The van der Waals surface area contributed by atoms with E-state index in [-0.39, 0.29) is 13.2 Å². The molecule has 0 saturated carbocycles. The Bertz CT molecular complexity index is 674. The molecule has 0 fully saturated rings. The van der Waals surface area contributed by atoms with Crippen molar-refractivity contribution in [3.8, 4) is 0 Å². The number of carbonyl (C=O) groups excluding carboxylic acids is 1. The zero-order chi connectivity index (χ0) is 19.5. The first-order chi connectivity index (χ1) is 12.3. The fourth-order valence-corrected chi connectivity index (χ4v) is 5.51. The van der Waals surface area contributed by atoms with Gasteiger partial charge in [0.15, 0.2) is 11.3 Å². The molecule has 0 saturated heterocycles. The van der Waals surface area contributed by atoms with Gasteiger partial charge in [-0.2, -0.15) is 8.42 Å². The first-order valence-corrected chi connectivity index (χ1v) is 12.0. The molecule has 0 amide bonds. The van der Waals surface area contributed by atoms with Crippen molar-refractivity contribution in [1.82, 2.24) is 0 Å². The van der Waals surface area contributed by atoms with Gasteiger partial charge in [0.1, 0.15) is 6.61 Å². The molecule has 0 aliphatic carbocycles. The summed E-state index contributed by atoms with van der Waals surface area (Å²) in [6.45, 7) is 3.48. The van der Waals surface area contributed by atoms with Gasteiger partial charge in [0.05, 0.1) is 13.2 Å². The molecular weight excluding hydrogens is 379 g/mol. The summed E-state index contributed by atoms with van der Waals surface area (Å²) in [5.74, 6) is -0.484. The monoisotopic (exact) mass is 406 g/mol. The lowest BCUT2D eigenvalue weighted by molar-refractivity contribution is 0.0924. The van der Waals surface area contributed by atoms with Gasteiger partial charge in [-0.15, -0.1) is 0 Å². The molecule has 1 rings (SSSR count). The van der Waals surface area contributed by atoms with Crippen molar-refractivity contribution in [2.45, 2.75) is 39.5 Å². The predicted octanol–water partition coefficient (Wildman–Crippen LogP) is 4.00. The Hall–Kier alpha value is -1.05. The quantitative estimate of drug-likeness (QED) is 0.199. The second-order valence-electron chi connectivity index (χ2n) is 5.72. The summed E-state index contributed by atoms with van der Waals surface area (Å²) in [5.41, 5.74) is -0.570. The minimum absolute atomic E-state index is 0.137. The van der Waals surface area contributed by atoms with Crippen LogP contribution in [0.1, 0.15) is 49.9 Å². The van der Waals surface area contributed by atoms with E-state index in [1.807, 2.05) is 13.8 Å². The van der Waals surface area contributed by atoms with E-state index in [2.05, 4.69) is 0 Å². The van der Waals surface area contributed by atoms with Gasteiger partial charge in [-0.25, -0.2) is 0 Å². The van der Waals surface area contributed by atoms with Crippen molar-refractivity contribution in [3.63, 3.8) is 0 Å². The maximum Gasteiger partial charge on any atom is 0.348 e. The van der Waals surface area contributed by atoms with Gasteiger partial charge in [-0.1, -0.05) is 57.0 Å². The van der Waals surface area contributed by atoms with Crippen LogP contribution in [0.25, 0.3) is 0 Å². The van der Waals surface area contributed by atoms with E-state index in [9.17, 15) is 17.8 Å². The van der Waals surface area contributed by atoms with Crippen molar-refractivity contribution in [2.75, 3.05) is 25.3 Å². The Morgan fingerprint density at radius 3 is 2.04 bits per heavy atom. The van der Waals surface area contributed by atoms with E-state index >= 15 is 0 Å². The molecular formula is C17H27O7PS. The molecule has 0 N–H and O–H groups in total. The molecule has 1 aromatic rings. The maximum absolute atomic E-state index is 12.7. The molecule has 1 aromatic carbocycles. The number of ketones is 1. The van der Waals surface area contributed by atoms with Crippen LogP contribution in [0.4, 0.5) is 0 Å². The molecule has 0 aromatic heterocycles. The van der Waals surface area contributed by atoms with Crippen LogP contribution >= 0.6 is 7.60 Å². The average molecular weight is 406 g/mol. The third-order valence-electron chi connectivity index (χ3n) is 3.35. The van der Waals surface area contributed by atoms with Crippen LogP contribution in [0.15, 0.2) is 30.3 Å². The highest BCUT2D eigenvalue weighted by atomic mass is 32.2. The molecule has 0 radical (unpaired) electrons. The fraction of sp³-hybridized carbons (Fsp3) is 0.588. The summed E-state index contributed by atoms with van der Waals surface area (Å²) in [6, 6.07) is 8.19. The highest BCUT2D eigenvalue weighted by Gasteiger charge is 2.33. The molecule has 7 nitrogen and oxygen atoms in total. The number of unbranched alkanes of at least 4 members (excludes halogenated alkanes) is 2. The van der Waals surface area contributed by atoms with Crippen LogP contribution in [0, 0.1) is 0 Å². The molecule has 0 atom stereocenters. The number of hydrogen-bond donors (Lipinski definition) is 0. The molecule has 148 valence electrons. The van der Waals surface area contributed by atoms with Crippen LogP contribution in [0.3, 0.4) is 0 Å². The summed E-state index contributed by atoms with van der Waals surface area (Å²) >= 11 is 0. The van der Waals surface area contributed by atoms with Gasteiger partial charge < -0.3 is 9.05 Å². The van der Waals surface area contributed by atoms with Gasteiger partial charge >= 0.3 is 7.60 Å². The number of carbonyl (C=O) groups is 1. The first kappa shape index (κ1) is 23.0. The molecule has 26 heavy (non-hydrogen) atoms. The second kappa shape index (κ2) is 11.6. The van der Waals surface area contributed by atoms with E-state index < -0.39 is 35.6 Å². The van der Waals surface area contributed by atoms with Crippen molar-refractivity contribution in [2.24, 2.45) is 0 Å². The van der Waals surface area contributed by atoms with Gasteiger partial charge in [0.2, 0.25) is 0 Å². The Labute approximate surface area is 155 Å². The van der Waals surface area contributed by atoms with Crippen LogP contribution in [0.5, 0.6) is 0 Å². The van der Waals surface area contributed by atoms with Crippen molar-refractivity contribution < 1.29 is 31.0 Å². The SMILES string of the molecule is CCCCOP(=O)(CS(=O)(=O)OCC(=O)c1ccccc1)OCCCC. The Kier molecular flexibility index (Phi) is 10.3. The van der Waals surface area contributed by atoms with E-state index in [0.717, 1.165) is 12.8 Å². The van der Waals surface area contributed by atoms with E-state index in [1.165, 1.54) is 0 Å². The smallest absolute Gasteiger partial charge is 0.308 e. The Morgan fingerprint density at radius 1 is 1.00 bits per heavy atom. The highest BCUT2D eigenvalue weighted by molar-refractivity contribution is 7.93. The van der Waals surface area contributed by atoms with Crippen molar-refractivity contribution in [1.29, 1.82) is 0 Å². The molecule has 0 aliphatic heterocycles. The fourth-order valence-electron chi connectivity index (χ4n) is 1.89. The zero-order valence-electron chi connectivity index (χ0n) is 15.3. The maximum atomic E-state index is 12.7. The minimum Gasteiger partial charge on any atom is -0.308 e. The van der Waals surface area contributed by atoms with Crippen molar-refractivity contribution in [3.05, 3.63) is 35.9 Å². The Morgan fingerprint density at radius 2 is 1.54 bits per heavy atom. The summed E-state index contributed by atoms with van der Waals surface area (Å²) < 4.78 is 52.2. The van der Waals surface area contributed by atoms with Crippen LogP contribution in [-0.2, 0) is 27.9 Å². The third kappa shape index (κ3) is 9.05. The second-order valence-corrected chi connectivity index (χ2v) is 9.84. The molecule has 0 spiro atoms. The third-order valence-corrected chi connectivity index (χ3v) is 7.51. The lowest BCUT2D eigenvalue weighted by Crippen LogP contribution is -2.18. The number of benzene rings is 1. The molecule has 0 aliphatic rings. The van der Waals surface area contributed by atoms with Gasteiger partial charge in [-0.3, -0.25) is 13.5 Å². The van der Waals surface area contributed by atoms with Crippen molar-refractivity contribution >= 4 is 23.5 Å². The van der Waals surface area contributed by atoms with Crippen LogP contribution in [-0.4, -0.2) is 39.5 Å². The lowest BCUT2D eigenvalue weighted by Gasteiger charge is -2.18. The number of hydrogen-bond acceptors (Lipinski definition) is 7. The number of rotatable bonds is 14. The lowest BCUT2D eigenvalue weighted by atomic mass is 10.1. The van der Waals surface area contributed by atoms with Gasteiger partial charge in [0.25, 0.3) is 10.1 Å². The first-order valence-electron chi connectivity index (χ1n) is 8.65. The number of Topliss-reactive ketones (excluding diaryl/α,β-unsaturated/α-hetero) is 1. The summed E-state index contributed by atoms with van der Waals surface area (Å²) in [6.07, 6.45) is 2.89. The molecule has 9 heteroatoms. The topological polar surface area (TPSA) is 96.0 Å². The predicted molar refractivity (Wildman–Crippen MR) is 99.8 cm³/mol. The summed E-state index contributed by atoms with van der Waals surface area (Å²) in [4.78, 5) is 12.0. The van der Waals surface area contributed by atoms with Gasteiger partial charge in [0, 0.05) is 5.56 Å². The summed E-state index contributed by atoms with van der Waals surface area (Å²) in [7, 11) is -8.11. The minimum atomic E-state index is -4.25. The summed E-state index contributed by atoms with van der Waals surface area (Å²) in [5, 5.41) is 0. The average Bonchev–Trinajstić information content (AvgIpc) is 2.60. The largest absolute Gasteiger partial charge is 0.348 e. The molecule has 0 heterocycles. The van der Waals surface area contributed by atoms with E-state index in [4.69, 9.17) is 13.2 Å². The zero-order valence-corrected chi connectivity index (χ0v) is 17.0. The van der Waals surface area contributed by atoms with Crippen LogP contribution < -0.4 is 0 Å². The van der Waals surface area contributed by atoms with E-state index in [1.54, 1.807) is 30.3 Å². The van der Waals surface area contributed by atoms with Gasteiger partial charge in [-0.05, 0) is 12.8 Å². The standard InChI is InChI=1S/C17H27O7PS/c1-3-5-12-22-25(19,23-13-6-4-2)15-26(20,21)24-14-17(18)16-10-8-7-9-11-16/h7-11H,3-6,12-15H2,1-2H3. The van der Waals surface area contributed by atoms with Crippen LogP contribution in [0.2, 0.25) is 0 Å². The molecule has 0 unspecified atom stereocenters. The Balaban J connectivity index is 2.67.